The number of likely N-dealkylation sites (N-methyl/N-ethyl adjacent to an activating group) is 6. The molecule has 0 N–H and O–H groups in total. The third-order valence-electron chi connectivity index (χ3n) is 5.85. The largest absolute Gasteiger partial charge is 0.411 e. The van der Waals surface area contributed by atoms with Gasteiger partial charge in [-0.3, -0.25) is 38.6 Å². The first-order chi connectivity index (χ1) is 14.6. The van der Waals surface area contributed by atoms with Gasteiger partial charge in [-0.25, -0.2) is 0 Å². The molecule has 1 rings (SSSR count). The molecule has 0 aliphatic carbocycles. The number of rotatable bonds is 4. The van der Waals surface area contributed by atoms with Gasteiger partial charge in [0, 0.05) is 10.2 Å². The van der Waals surface area contributed by atoms with E-state index in [1.165, 1.54) is 0 Å². The van der Waals surface area contributed by atoms with Gasteiger partial charge in [-0.05, 0) is 56.4 Å². The molecule has 0 spiro atoms. The predicted octanol–water partition coefficient (Wildman–Crippen LogP) is -0.422. The number of hydrogen-bond acceptors (Lipinski definition) is 6. The van der Waals surface area contributed by atoms with Crippen molar-refractivity contribution in [2.45, 2.75) is 11.6 Å². The van der Waals surface area contributed by atoms with E-state index < -0.39 is 11.6 Å². The first-order valence-corrected chi connectivity index (χ1v) is 10.7. The Hall–Kier alpha value is -2.02. The van der Waals surface area contributed by atoms with E-state index >= 15 is 0 Å². The van der Waals surface area contributed by atoms with Gasteiger partial charge in [-0.15, -0.1) is 0 Å². The zero-order valence-electron chi connectivity index (χ0n) is 22.8. The Bertz CT molecular complexity index is 675. The highest BCUT2D eigenvalue weighted by atomic mass is 15.6. The van der Waals surface area contributed by atoms with Crippen molar-refractivity contribution in [3.63, 3.8) is 0 Å². The zero-order valence-corrected chi connectivity index (χ0v) is 22.8. The standard InChI is InChI=1S/C20H46N12/c1-25(2)17-21-23-20(29(9)10,30(11)12)16-32(14)18(26(3)4)22-24-19(27(5)6,28(7)8)15-31(17)13/h15-16H2,1-14H3/q+2. The second kappa shape index (κ2) is 10.7. The molecule has 0 saturated carbocycles. The lowest BCUT2D eigenvalue weighted by Crippen LogP contribution is -2.62. The van der Waals surface area contributed by atoms with Gasteiger partial charge >= 0.3 is 11.9 Å². The number of nitrogens with zero attached hydrogens (tertiary/aromatic N) is 12. The van der Waals surface area contributed by atoms with Crippen molar-refractivity contribution in [2.24, 2.45) is 20.5 Å². The van der Waals surface area contributed by atoms with Crippen LogP contribution in [0.3, 0.4) is 0 Å². The molecular formula is C20H46N12+2. The average molecular weight is 455 g/mol. The summed E-state index contributed by atoms with van der Waals surface area (Å²) in [5.74, 6) is 0.0443. The highest BCUT2D eigenvalue weighted by Crippen LogP contribution is 2.24. The van der Waals surface area contributed by atoms with Crippen LogP contribution in [0.1, 0.15) is 0 Å². The van der Waals surface area contributed by atoms with E-state index in [0.717, 1.165) is 11.9 Å². The molecule has 32 heavy (non-hydrogen) atoms. The van der Waals surface area contributed by atoms with Gasteiger partial charge in [0.05, 0.1) is 42.3 Å². The molecule has 1 heterocycles. The maximum Gasteiger partial charge on any atom is 0.411 e. The van der Waals surface area contributed by atoms with Gasteiger partial charge < -0.3 is 0 Å². The molecule has 184 valence electrons. The molecule has 0 aromatic rings. The molecule has 1 aliphatic rings. The van der Waals surface area contributed by atoms with Crippen LogP contribution >= 0.6 is 0 Å². The SMILES string of the molecule is CN1CC(N(C)C)(N(C)C)/N=N/C(=[N+](C)C)N(C)CC(N(C)C)(N(C)C)/N=N\C1=[N+](C)C. The van der Waals surface area contributed by atoms with Crippen molar-refractivity contribution in [2.75, 3.05) is 112 Å². The molecule has 0 amide bonds. The van der Waals surface area contributed by atoms with Gasteiger partial charge in [0.1, 0.15) is 13.1 Å². The minimum absolute atomic E-state index is 0.532. The molecule has 0 fully saturated rings. The normalized spacial score (nSPS) is 21.8. The Balaban J connectivity index is 3.90. The van der Waals surface area contributed by atoms with Crippen LogP contribution in [0.2, 0.25) is 0 Å². The number of hydrogen-bond donors (Lipinski definition) is 0. The highest BCUT2D eigenvalue weighted by molar-refractivity contribution is 5.76. The summed E-state index contributed by atoms with van der Waals surface area (Å²) in [7, 11) is 28.0. The maximum atomic E-state index is 4.91. The van der Waals surface area contributed by atoms with Crippen molar-refractivity contribution in [1.82, 2.24) is 29.4 Å². The summed E-state index contributed by atoms with van der Waals surface area (Å²) < 4.78 is 3.94. The quantitative estimate of drug-likeness (QED) is 0.424. The lowest BCUT2D eigenvalue weighted by atomic mass is 10.2. The van der Waals surface area contributed by atoms with Crippen molar-refractivity contribution in [1.29, 1.82) is 0 Å². The van der Waals surface area contributed by atoms with Crippen LogP contribution < -0.4 is 0 Å². The summed E-state index contributed by atoms with van der Waals surface area (Å²) >= 11 is 0. The van der Waals surface area contributed by atoms with Crippen molar-refractivity contribution >= 4 is 11.9 Å². The van der Waals surface area contributed by atoms with Crippen LogP contribution in [0.25, 0.3) is 0 Å². The fourth-order valence-corrected chi connectivity index (χ4v) is 3.83. The molecule has 1 aliphatic heterocycles. The molecule has 0 radical (unpaired) electrons. The molecule has 0 unspecified atom stereocenters. The van der Waals surface area contributed by atoms with Gasteiger partial charge in [0.15, 0.2) is 0 Å². The molecule has 0 bridgehead atoms. The minimum Gasteiger partial charge on any atom is -0.268 e. The van der Waals surface area contributed by atoms with Crippen LogP contribution in [0, 0.1) is 0 Å². The van der Waals surface area contributed by atoms with E-state index in [1.807, 2.05) is 108 Å². The Kier molecular flexibility index (Phi) is 9.39. The van der Waals surface area contributed by atoms with Crippen LogP contribution in [-0.4, -0.2) is 174 Å². The number of guanidine groups is 2. The topological polar surface area (TPSA) is 74.9 Å². The first-order valence-electron chi connectivity index (χ1n) is 10.7. The van der Waals surface area contributed by atoms with Gasteiger partial charge in [0.25, 0.3) is 0 Å². The van der Waals surface area contributed by atoms with E-state index in [0.29, 0.717) is 13.1 Å². The van der Waals surface area contributed by atoms with Crippen LogP contribution in [0.15, 0.2) is 20.5 Å². The van der Waals surface area contributed by atoms with Gasteiger partial charge in [-0.2, -0.15) is 0 Å². The van der Waals surface area contributed by atoms with Crippen molar-refractivity contribution < 1.29 is 9.15 Å². The fourth-order valence-electron chi connectivity index (χ4n) is 3.83. The Labute approximate surface area is 194 Å². The van der Waals surface area contributed by atoms with Crippen molar-refractivity contribution in [3.8, 4) is 0 Å². The summed E-state index contributed by atoms with van der Waals surface area (Å²) in [6.45, 7) is 1.06. The second-order valence-corrected chi connectivity index (χ2v) is 9.63. The minimum atomic E-state index is -0.715. The molecule has 12 heteroatoms. The number of azo groups is 2. The lowest BCUT2D eigenvalue weighted by molar-refractivity contribution is -0.471. The molecule has 12 nitrogen and oxygen atoms in total. The van der Waals surface area contributed by atoms with E-state index in [1.54, 1.807) is 0 Å². The summed E-state index contributed by atoms with van der Waals surface area (Å²) in [5, 5.41) is 19.4. The summed E-state index contributed by atoms with van der Waals surface area (Å²) in [6.07, 6.45) is 0. The van der Waals surface area contributed by atoms with E-state index in [9.17, 15) is 0 Å². The second-order valence-electron chi connectivity index (χ2n) is 9.63. The lowest BCUT2D eigenvalue weighted by Gasteiger charge is -2.41. The fraction of sp³-hybridized carbons (Fsp3) is 0.900. The highest BCUT2D eigenvalue weighted by Gasteiger charge is 2.46. The summed E-state index contributed by atoms with van der Waals surface area (Å²) in [4.78, 5) is 12.4. The van der Waals surface area contributed by atoms with Gasteiger partial charge in [0.2, 0.25) is 11.6 Å². The monoisotopic (exact) mass is 454 g/mol. The Morgan fingerprint density at radius 2 is 0.844 bits per heavy atom. The third kappa shape index (κ3) is 5.66. The maximum absolute atomic E-state index is 4.91. The molecule has 0 saturated heterocycles. The first kappa shape index (κ1) is 28.0. The van der Waals surface area contributed by atoms with Crippen LogP contribution in [-0.2, 0) is 0 Å². The zero-order chi connectivity index (χ0) is 25.0. The molecule has 0 aromatic carbocycles. The van der Waals surface area contributed by atoms with Crippen molar-refractivity contribution in [3.05, 3.63) is 0 Å². The van der Waals surface area contributed by atoms with Crippen LogP contribution in [0.4, 0.5) is 0 Å². The summed E-state index contributed by atoms with van der Waals surface area (Å²) in [6, 6.07) is 0. The predicted molar refractivity (Wildman–Crippen MR) is 129 cm³/mol. The Morgan fingerprint density at radius 1 is 0.594 bits per heavy atom. The third-order valence-corrected chi connectivity index (χ3v) is 5.85. The van der Waals surface area contributed by atoms with E-state index in [-0.39, 0.29) is 0 Å². The van der Waals surface area contributed by atoms with E-state index in [4.69, 9.17) is 20.5 Å². The molecule has 0 atom stereocenters. The molecule has 0 aromatic heterocycles. The average Bonchev–Trinajstić information content (AvgIpc) is 2.63. The van der Waals surface area contributed by atoms with E-state index in [2.05, 4.69) is 29.4 Å². The summed E-state index contributed by atoms with van der Waals surface area (Å²) in [5.41, 5.74) is 0. The van der Waals surface area contributed by atoms with Crippen LogP contribution in [0.5, 0.6) is 0 Å². The Morgan fingerprint density at radius 3 is 1.03 bits per heavy atom. The van der Waals surface area contributed by atoms with Gasteiger partial charge in [-0.1, -0.05) is 10.2 Å². The molecular weight excluding hydrogens is 408 g/mol. The smallest absolute Gasteiger partial charge is 0.268 e.